The highest BCUT2D eigenvalue weighted by molar-refractivity contribution is 6.02. The van der Waals surface area contributed by atoms with Crippen molar-refractivity contribution in [2.45, 2.75) is 6.92 Å². The van der Waals surface area contributed by atoms with Gasteiger partial charge in [0.25, 0.3) is 5.91 Å². The maximum atomic E-state index is 12.5. The van der Waals surface area contributed by atoms with Crippen LogP contribution in [0, 0.1) is 6.92 Å². The van der Waals surface area contributed by atoms with E-state index >= 15 is 0 Å². The van der Waals surface area contributed by atoms with Crippen molar-refractivity contribution in [3.8, 4) is 22.8 Å². The van der Waals surface area contributed by atoms with E-state index in [9.17, 15) is 9.59 Å². The first kappa shape index (κ1) is 19.3. The van der Waals surface area contributed by atoms with Gasteiger partial charge in [0.1, 0.15) is 11.3 Å². The van der Waals surface area contributed by atoms with Crippen LogP contribution in [-0.2, 0) is 0 Å². The van der Waals surface area contributed by atoms with Gasteiger partial charge >= 0.3 is 0 Å². The molecule has 8 nitrogen and oxygen atoms in total. The number of nitrogens with zero attached hydrogens (tertiary/aromatic N) is 1. The van der Waals surface area contributed by atoms with Gasteiger partial charge in [-0.15, -0.1) is 0 Å². The van der Waals surface area contributed by atoms with Crippen LogP contribution in [0.4, 0.5) is 5.88 Å². The molecule has 1 amide bonds. The summed E-state index contributed by atoms with van der Waals surface area (Å²) in [7, 11) is 3.09. The average Bonchev–Trinajstić information content (AvgIpc) is 3.22. The second kappa shape index (κ2) is 7.75. The Bertz CT molecular complexity index is 1300. The van der Waals surface area contributed by atoms with E-state index in [1.165, 1.54) is 7.11 Å². The zero-order chi connectivity index (χ0) is 21.3. The van der Waals surface area contributed by atoms with Crippen molar-refractivity contribution < 1.29 is 23.2 Å². The summed E-state index contributed by atoms with van der Waals surface area (Å²) in [6, 6.07) is 13.2. The minimum absolute atomic E-state index is 0.108. The lowest BCUT2D eigenvalue weighted by atomic mass is 10.1. The van der Waals surface area contributed by atoms with Gasteiger partial charge in [-0.3, -0.25) is 14.9 Å². The number of hydrogen-bond acceptors (Lipinski definition) is 7. The molecular formula is C22H18N2O6. The topological polar surface area (TPSA) is 104 Å². The van der Waals surface area contributed by atoms with Crippen molar-refractivity contribution in [3.05, 3.63) is 70.1 Å². The van der Waals surface area contributed by atoms with E-state index < -0.39 is 5.91 Å². The minimum atomic E-state index is -0.621. The second-order valence-corrected chi connectivity index (χ2v) is 6.57. The van der Waals surface area contributed by atoms with E-state index in [0.29, 0.717) is 33.7 Å². The van der Waals surface area contributed by atoms with Gasteiger partial charge in [0.2, 0.25) is 5.88 Å². The number of benzene rings is 2. The Morgan fingerprint density at radius 3 is 2.57 bits per heavy atom. The molecule has 152 valence electrons. The number of aryl methyl sites for hydroxylation is 1. The molecule has 0 saturated carbocycles. The molecule has 4 aromatic rings. The molecule has 4 rings (SSSR count). The lowest BCUT2D eigenvalue weighted by molar-refractivity contribution is 0.0994. The molecular weight excluding hydrogens is 388 g/mol. The Hall–Kier alpha value is -4.07. The molecule has 0 radical (unpaired) electrons. The number of hydrogen-bond donors (Lipinski definition) is 1. The van der Waals surface area contributed by atoms with E-state index in [2.05, 4.69) is 10.5 Å². The van der Waals surface area contributed by atoms with Crippen LogP contribution in [0.1, 0.15) is 16.1 Å². The van der Waals surface area contributed by atoms with Gasteiger partial charge < -0.3 is 18.4 Å². The Morgan fingerprint density at radius 1 is 1.00 bits per heavy atom. The van der Waals surface area contributed by atoms with Crippen LogP contribution in [0.3, 0.4) is 0 Å². The van der Waals surface area contributed by atoms with Gasteiger partial charge in [0.15, 0.2) is 22.7 Å². The number of rotatable bonds is 5. The van der Waals surface area contributed by atoms with Crippen molar-refractivity contribution in [1.82, 2.24) is 5.16 Å². The highest BCUT2D eigenvalue weighted by Gasteiger charge is 2.16. The van der Waals surface area contributed by atoms with E-state index in [0.717, 1.165) is 11.6 Å². The number of carbonyl (C=O) groups is 1. The fraction of sp³-hybridized carbons (Fsp3) is 0.136. The number of amides is 1. The summed E-state index contributed by atoms with van der Waals surface area (Å²) in [6.45, 7) is 1.87. The molecule has 2 heterocycles. The monoisotopic (exact) mass is 406 g/mol. The molecule has 0 bridgehead atoms. The third-order valence-corrected chi connectivity index (χ3v) is 4.53. The summed E-state index contributed by atoms with van der Waals surface area (Å²) < 4.78 is 21.3. The quantitative estimate of drug-likeness (QED) is 0.534. The Kier molecular flexibility index (Phi) is 4.97. The van der Waals surface area contributed by atoms with Crippen LogP contribution in [0.15, 0.2) is 62.3 Å². The lowest BCUT2D eigenvalue weighted by Crippen LogP contribution is -2.14. The van der Waals surface area contributed by atoms with E-state index in [1.807, 2.05) is 6.92 Å². The predicted octanol–water partition coefficient (Wildman–Crippen LogP) is 4.03. The number of fused-ring (bicyclic) bond motifs is 1. The van der Waals surface area contributed by atoms with Gasteiger partial charge in [0.05, 0.1) is 19.6 Å². The molecule has 30 heavy (non-hydrogen) atoms. The summed E-state index contributed by atoms with van der Waals surface area (Å²) in [4.78, 5) is 24.9. The van der Waals surface area contributed by atoms with Crippen molar-refractivity contribution in [2.24, 2.45) is 0 Å². The first-order chi connectivity index (χ1) is 14.5. The fourth-order valence-corrected chi connectivity index (χ4v) is 3.02. The second-order valence-electron chi connectivity index (χ2n) is 6.57. The molecule has 0 aliphatic carbocycles. The Labute approximate surface area is 171 Å². The third kappa shape index (κ3) is 3.62. The highest BCUT2D eigenvalue weighted by atomic mass is 16.5. The lowest BCUT2D eigenvalue weighted by Gasteiger charge is -2.07. The normalized spacial score (nSPS) is 10.8. The highest BCUT2D eigenvalue weighted by Crippen LogP contribution is 2.32. The number of nitrogens with one attached hydrogen (secondary N) is 1. The van der Waals surface area contributed by atoms with Gasteiger partial charge in [-0.2, -0.15) is 0 Å². The standard InChI is InChI=1S/C22H18N2O6/c1-12-4-6-17-14(8-12)16(25)11-20(29-17)22(26)23-21-10-15(24-30-21)13-5-7-18(27-2)19(9-13)28-3/h4-11H,1-3H3,(H,23,26). The summed E-state index contributed by atoms with van der Waals surface area (Å²) >= 11 is 0. The maximum absolute atomic E-state index is 12.5. The van der Waals surface area contributed by atoms with Crippen molar-refractivity contribution >= 4 is 22.8 Å². The molecule has 2 aromatic carbocycles. The zero-order valence-corrected chi connectivity index (χ0v) is 16.5. The first-order valence-electron chi connectivity index (χ1n) is 9.03. The maximum Gasteiger partial charge on any atom is 0.293 e. The van der Waals surface area contributed by atoms with Crippen LogP contribution in [0.5, 0.6) is 11.5 Å². The summed E-state index contributed by atoms with van der Waals surface area (Å²) in [5.74, 6) is 0.484. The molecule has 0 aliphatic heterocycles. The van der Waals surface area contributed by atoms with E-state index in [1.54, 1.807) is 49.6 Å². The van der Waals surface area contributed by atoms with Crippen LogP contribution in [0.2, 0.25) is 0 Å². The molecule has 0 spiro atoms. The molecule has 2 aromatic heterocycles. The molecule has 8 heteroatoms. The summed E-state index contributed by atoms with van der Waals surface area (Å²) in [5.41, 5.74) is 2.16. The SMILES string of the molecule is COc1ccc(-c2cc(NC(=O)c3cc(=O)c4cc(C)ccc4o3)on2)cc1OC. The minimum Gasteiger partial charge on any atom is -0.493 e. The number of carbonyl (C=O) groups excluding carboxylic acids is 1. The van der Waals surface area contributed by atoms with Crippen LogP contribution in [0.25, 0.3) is 22.2 Å². The van der Waals surface area contributed by atoms with Gasteiger partial charge in [0, 0.05) is 17.7 Å². The summed E-state index contributed by atoms with van der Waals surface area (Å²) in [6.07, 6.45) is 0. The largest absolute Gasteiger partial charge is 0.493 e. The Balaban J connectivity index is 1.58. The van der Waals surface area contributed by atoms with Gasteiger partial charge in [-0.25, -0.2) is 0 Å². The zero-order valence-electron chi connectivity index (χ0n) is 16.5. The van der Waals surface area contributed by atoms with E-state index in [4.69, 9.17) is 18.4 Å². The number of ether oxygens (including phenoxy) is 2. The van der Waals surface area contributed by atoms with Crippen LogP contribution >= 0.6 is 0 Å². The molecule has 1 N–H and O–H groups in total. The number of aromatic nitrogens is 1. The predicted molar refractivity (Wildman–Crippen MR) is 110 cm³/mol. The molecule has 0 unspecified atom stereocenters. The smallest absolute Gasteiger partial charge is 0.293 e. The number of methoxy groups -OCH3 is 2. The van der Waals surface area contributed by atoms with Crippen LogP contribution in [-0.4, -0.2) is 25.3 Å². The van der Waals surface area contributed by atoms with Crippen molar-refractivity contribution in [2.75, 3.05) is 19.5 Å². The van der Waals surface area contributed by atoms with Gasteiger partial charge in [-0.1, -0.05) is 16.8 Å². The van der Waals surface area contributed by atoms with Gasteiger partial charge in [-0.05, 0) is 37.3 Å². The fourth-order valence-electron chi connectivity index (χ4n) is 3.02. The van der Waals surface area contributed by atoms with Crippen molar-refractivity contribution in [3.63, 3.8) is 0 Å². The Morgan fingerprint density at radius 2 is 1.80 bits per heavy atom. The first-order valence-corrected chi connectivity index (χ1v) is 9.03. The summed E-state index contributed by atoms with van der Waals surface area (Å²) in [5, 5.41) is 6.93. The third-order valence-electron chi connectivity index (χ3n) is 4.53. The molecule has 0 saturated heterocycles. The van der Waals surface area contributed by atoms with Crippen molar-refractivity contribution in [1.29, 1.82) is 0 Å². The molecule has 0 fully saturated rings. The van der Waals surface area contributed by atoms with E-state index in [-0.39, 0.29) is 17.1 Å². The number of anilines is 1. The molecule has 0 atom stereocenters. The van der Waals surface area contributed by atoms with Crippen LogP contribution < -0.4 is 20.2 Å². The molecule has 0 aliphatic rings. The average molecular weight is 406 g/mol.